The third kappa shape index (κ3) is 5.74. The summed E-state index contributed by atoms with van der Waals surface area (Å²) in [6.45, 7) is 1.87. The first-order chi connectivity index (χ1) is 8.95. The topological polar surface area (TPSA) is 63.2 Å². The number of aryl methyl sites for hydroxylation is 1. The van der Waals surface area contributed by atoms with Crippen molar-refractivity contribution in [3.05, 3.63) is 29.8 Å². The summed E-state index contributed by atoms with van der Waals surface area (Å²) in [5, 5.41) is 0.899. The van der Waals surface area contributed by atoms with E-state index >= 15 is 0 Å². The number of hydrogen-bond donors (Lipinski definition) is 1. The molecule has 0 fully saturated rings. The van der Waals surface area contributed by atoms with Crippen molar-refractivity contribution < 1.29 is 13.2 Å². The Morgan fingerprint density at radius 2 is 1.79 bits per heavy atom. The van der Waals surface area contributed by atoms with Crippen molar-refractivity contribution in [3.63, 3.8) is 0 Å². The molecule has 0 radical (unpaired) electrons. The van der Waals surface area contributed by atoms with Crippen LogP contribution in [-0.2, 0) is 14.8 Å². The van der Waals surface area contributed by atoms with Crippen LogP contribution in [0.4, 0.5) is 0 Å². The quantitative estimate of drug-likeness (QED) is 0.609. The number of rotatable bonds is 7. The Bertz CT molecular complexity index is 511. The molecule has 0 atom stereocenters. The molecule has 106 valence electrons. The molecule has 0 aromatic heterocycles. The van der Waals surface area contributed by atoms with Crippen molar-refractivity contribution >= 4 is 31.9 Å². The minimum absolute atomic E-state index is 0.118. The SMILES string of the molecule is Cc1ccc(S(=O)(=O)NC(=O)CCCCCBr)cc1. The maximum absolute atomic E-state index is 11.9. The lowest BCUT2D eigenvalue weighted by Gasteiger charge is -2.07. The van der Waals surface area contributed by atoms with Crippen molar-refractivity contribution in [1.82, 2.24) is 4.72 Å². The Labute approximate surface area is 122 Å². The summed E-state index contributed by atoms with van der Waals surface area (Å²) in [5.41, 5.74) is 0.972. The van der Waals surface area contributed by atoms with Gasteiger partial charge in [0, 0.05) is 11.8 Å². The standard InChI is InChI=1S/C13H18BrNO3S/c1-11-6-8-12(9-7-11)19(17,18)15-13(16)5-3-2-4-10-14/h6-9H,2-5,10H2,1H3,(H,15,16). The molecule has 19 heavy (non-hydrogen) atoms. The Balaban J connectivity index is 2.55. The minimum Gasteiger partial charge on any atom is -0.274 e. The number of alkyl halides is 1. The zero-order valence-corrected chi connectivity index (χ0v) is 13.3. The van der Waals surface area contributed by atoms with Crippen LogP contribution < -0.4 is 4.72 Å². The number of nitrogens with one attached hydrogen (secondary N) is 1. The normalized spacial score (nSPS) is 11.3. The average Bonchev–Trinajstić information content (AvgIpc) is 2.34. The van der Waals surface area contributed by atoms with Gasteiger partial charge in [-0.1, -0.05) is 40.0 Å². The van der Waals surface area contributed by atoms with Gasteiger partial charge in [-0.2, -0.15) is 0 Å². The monoisotopic (exact) mass is 347 g/mol. The van der Waals surface area contributed by atoms with Crippen molar-refractivity contribution in [3.8, 4) is 0 Å². The molecular weight excluding hydrogens is 330 g/mol. The van der Waals surface area contributed by atoms with Gasteiger partial charge in [-0.15, -0.1) is 0 Å². The first-order valence-corrected chi connectivity index (χ1v) is 8.74. The summed E-state index contributed by atoms with van der Waals surface area (Å²) in [6, 6.07) is 6.40. The molecule has 4 nitrogen and oxygen atoms in total. The number of carbonyl (C=O) groups is 1. The van der Waals surface area contributed by atoms with Gasteiger partial charge in [-0.25, -0.2) is 13.1 Å². The van der Waals surface area contributed by atoms with Crippen molar-refractivity contribution in [2.75, 3.05) is 5.33 Å². The highest BCUT2D eigenvalue weighted by Gasteiger charge is 2.16. The second-order valence-corrected chi connectivity index (χ2v) is 6.82. The molecule has 6 heteroatoms. The van der Waals surface area contributed by atoms with Crippen LogP contribution in [0.3, 0.4) is 0 Å². The Kier molecular flexibility index (Phi) is 6.51. The van der Waals surface area contributed by atoms with Crippen molar-refractivity contribution in [2.24, 2.45) is 0 Å². The fourth-order valence-corrected chi connectivity index (χ4v) is 2.94. The van der Waals surface area contributed by atoms with Gasteiger partial charge in [-0.05, 0) is 31.9 Å². The lowest BCUT2D eigenvalue weighted by Crippen LogP contribution is -2.30. The van der Waals surface area contributed by atoms with E-state index in [4.69, 9.17) is 0 Å². The van der Waals surface area contributed by atoms with Crippen LogP contribution in [0.15, 0.2) is 29.2 Å². The largest absolute Gasteiger partial charge is 0.274 e. The number of halogens is 1. The van der Waals surface area contributed by atoms with Gasteiger partial charge in [0.2, 0.25) is 5.91 Å². The van der Waals surface area contributed by atoms with Crippen LogP contribution >= 0.6 is 15.9 Å². The summed E-state index contributed by atoms with van der Waals surface area (Å²) >= 11 is 3.31. The highest BCUT2D eigenvalue weighted by Crippen LogP contribution is 2.10. The maximum atomic E-state index is 11.9. The molecule has 0 aliphatic carbocycles. The molecule has 1 amide bonds. The zero-order valence-electron chi connectivity index (χ0n) is 10.9. The van der Waals surface area contributed by atoms with Gasteiger partial charge in [0.15, 0.2) is 0 Å². The van der Waals surface area contributed by atoms with Gasteiger partial charge in [0.1, 0.15) is 0 Å². The Morgan fingerprint density at radius 1 is 1.16 bits per heavy atom. The summed E-state index contributed by atoms with van der Waals surface area (Å²) in [6.07, 6.45) is 2.82. The van der Waals surface area contributed by atoms with E-state index in [2.05, 4.69) is 20.7 Å². The van der Waals surface area contributed by atoms with E-state index in [9.17, 15) is 13.2 Å². The van der Waals surface area contributed by atoms with Crippen LogP contribution in [0.25, 0.3) is 0 Å². The van der Waals surface area contributed by atoms with Crippen LogP contribution in [0.1, 0.15) is 31.2 Å². The Hall–Kier alpha value is -0.880. The van der Waals surface area contributed by atoms with E-state index in [1.807, 2.05) is 6.92 Å². The third-order valence-electron chi connectivity index (χ3n) is 2.62. The first-order valence-electron chi connectivity index (χ1n) is 6.14. The summed E-state index contributed by atoms with van der Waals surface area (Å²) in [4.78, 5) is 11.7. The van der Waals surface area contributed by atoms with Gasteiger partial charge >= 0.3 is 0 Å². The van der Waals surface area contributed by atoms with Crippen LogP contribution in [0, 0.1) is 6.92 Å². The molecule has 1 aromatic rings. The van der Waals surface area contributed by atoms with Gasteiger partial charge in [0.25, 0.3) is 10.0 Å². The number of unbranched alkanes of at least 4 members (excludes halogenated alkanes) is 2. The molecular formula is C13H18BrNO3S. The molecule has 0 saturated heterocycles. The molecule has 1 aromatic carbocycles. The molecule has 0 heterocycles. The molecule has 1 N–H and O–H groups in total. The molecule has 0 bridgehead atoms. The molecule has 0 saturated carbocycles. The summed E-state index contributed by atoms with van der Waals surface area (Å²) in [5.74, 6) is -0.449. The van der Waals surface area contributed by atoms with E-state index in [0.29, 0.717) is 6.42 Å². The van der Waals surface area contributed by atoms with Gasteiger partial charge in [-0.3, -0.25) is 4.79 Å². The lowest BCUT2D eigenvalue weighted by atomic mass is 10.2. The summed E-state index contributed by atoms with van der Waals surface area (Å²) in [7, 11) is -3.73. The smallest absolute Gasteiger partial charge is 0.264 e. The highest BCUT2D eigenvalue weighted by molar-refractivity contribution is 9.09. The number of hydrogen-bond acceptors (Lipinski definition) is 3. The van der Waals surface area contributed by atoms with E-state index < -0.39 is 15.9 Å². The lowest BCUT2D eigenvalue weighted by molar-refractivity contribution is -0.119. The third-order valence-corrected chi connectivity index (χ3v) is 4.57. The number of benzene rings is 1. The molecule has 0 aliphatic rings. The predicted octanol–water partition coefficient (Wildman–Crippen LogP) is 2.76. The van der Waals surface area contributed by atoms with Gasteiger partial charge < -0.3 is 0 Å². The fraction of sp³-hybridized carbons (Fsp3) is 0.462. The van der Waals surface area contributed by atoms with Crippen molar-refractivity contribution in [1.29, 1.82) is 0 Å². The van der Waals surface area contributed by atoms with Crippen LogP contribution in [0.5, 0.6) is 0 Å². The predicted molar refractivity (Wildman–Crippen MR) is 78.8 cm³/mol. The van der Waals surface area contributed by atoms with E-state index in [-0.39, 0.29) is 11.3 Å². The molecule has 1 rings (SSSR count). The van der Waals surface area contributed by atoms with Gasteiger partial charge in [0.05, 0.1) is 4.90 Å². The summed E-state index contributed by atoms with van der Waals surface area (Å²) < 4.78 is 25.9. The second-order valence-electron chi connectivity index (χ2n) is 4.34. The number of carbonyl (C=O) groups excluding carboxylic acids is 1. The molecule has 0 unspecified atom stereocenters. The highest BCUT2D eigenvalue weighted by atomic mass is 79.9. The minimum atomic E-state index is -3.73. The van der Waals surface area contributed by atoms with Crippen molar-refractivity contribution in [2.45, 2.75) is 37.5 Å². The maximum Gasteiger partial charge on any atom is 0.264 e. The molecule has 0 spiro atoms. The van der Waals surface area contributed by atoms with Crippen LogP contribution in [-0.4, -0.2) is 19.7 Å². The van der Waals surface area contributed by atoms with E-state index in [0.717, 1.165) is 23.7 Å². The van der Waals surface area contributed by atoms with E-state index in [1.165, 1.54) is 12.1 Å². The average molecular weight is 348 g/mol. The number of amides is 1. The molecule has 0 aliphatic heterocycles. The van der Waals surface area contributed by atoms with Crippen LogP contribution in [0.2, 0.25) is 0 Å². The van der Waals surface area contributed by atoms with E-state index in [1.54, 1.807) is 12.1 Å². The first kappa shape index (κ1) is 16.2. The zero-order chi connectivity index (χ0) is 14.3. The Morgan fingerprint density at radius 3 is 2.37 bits per heavy atom. The second kappa shape index (κ2) is 7.65. The number of sulfonamides is 1. The fourth-order valence-electron chi connectivity index (χ4n) is 1.53.